The van der Waals surface area contributed by atoms with E-state index in [2.05, 4.69) is 4.98 Å². The molecule has 0 bridgehead atoms. The van der Waals surface area contributed by atoms with Crippen LogP contribution in [0.3, 0.4) is 0 Å². The fraction of sp³-hybridized carbons (Fsp3) is 0.500. The Morgan fingerprint density at radius 1 is 1.50 bits per heavy atom. The van der Waals surface area contributed by atoms with Crippen LogP contribution in [0.25, 0.3) is 0 Å². The van der Waals surface area contributed by atoms with Gasteiger partial charge in [0, 0.05) is 26.0 Å². The monoisotopic (exact) mass is 315 g/mol. The fourth-order valence-corrected chi connectivity index (χ4v) is 2.43. The number of pyridine rings is 1. The third-order valence-electron chi connectivity index (χ3n) is 3.58. The van der Waals surface area contributed by atoms with Crippen molar-refractivity contribution in [1.29, 1.82) is 0 Å². The van der Waals surface area contributed by atoms with Crippen LogP contribution in [-0.4, -0.2) is 59.0 Å². The van der Waals surface area contributed by atoms with E-state index >= 15 is 0 Å². The molecule has 22 heavy (non-hydrogen) atoms. The first-order chi connectivity index (χ1) is 10.3. The van der Waals surface area contributed by atoms with Crippen LogP contribution >= 0.6 is 0 Å². The smallest absolute Gasteiger partial charge is 0.333 e. The maximum absolute atomic E-state index is 12.4. The molecule has 0 aromatic carbocycles. The Hall–Kier alpha value is -2.12. The molecule has 1 aliphatic rings. The van der Waals surface area contributed by atoms with Gasteiger partial charge in [-0.2, -0.15) is 13.2 Å². The van der Waals surface area contributed by atoms with E-state index in [-0.39, 0.29) is 25.3 Å². The number of halogens is 3. The number of carbonyl (C=O) groups excluding carboxylic acids is 2. The van der Waals surface area contributed by atoms with Crippen LogP contribution in [0.15, 0.2) is 24.5 Å². The molecule has 0 unspecified atom stereocenters. The zero-order chi connectivity index (χ0) is 16.3. The highest BCUT2D eigenvalue weighted by Gasteiger charge is 2.41. The summed E-state index contributed by atoms with van der Waals surface area (Å²) < 4.78 is 37.1. The molecule has 120 valence electrons. The van der Waals surface area contributed by atoms with Gasteiger partial charge in [0.1, 0.15) is 12.6 Å². The van der Waals surface area contributed by atoms with Crippen molar-refractivity contribution in [2.45, 2.75) is 25.1 Å². The SMILES string of the molecule is CN(C(=O)Cc1cccnc1)[C@H]1CCN(CC(F)(F)F)C1=O. The molecule has 1 aromatic rings. The van der Waals surface area contributed by atoms with E-state index in [0.717, 1.165) is 4.90 Å². The standard InChI is InChI=1S/C14H16F3N3O2/c1-19(12(21)7-10-3-2-5-18-8-10)11-4-6-20(13(11)22)9-14(15,16)17/h2-3,5,8,11H,4,6-7,9H2,1H3/t11-/m0/s1. The quantitative estimate of drug-likeness (QED) is 0.840. The summed E-state index contributed by atoms with van der Waals surface area (Å²) in [6, 6.07) is 2.59. The highest BCUT2D eigenvalue weighted by atomic mass is 19.4. The van der Waals surface area contributed by atoms with Crippen molar-refractivity contribution in [1.82, 2.24) is 14.8 Å². The minimum Gasteiger partial charge on any atom is -0.333 e. The number of carbonyl (C=O) groups is 2. The van der Waals surface area contributed by atoms with E-state index in [4.69, 9.17) is 0 Å². The molecular weight excluding hydrogens is 299 g/mol. The van der Waals surface area contributed by atoms with Gasteiger partial charge in [-0.15, -0.1) is 0 Å². The van der Waals surface area contributed by atoms with Crippen LogP contribution in [-0.2, 0) is 16.0 Å². The number of hydrogen-bond donors (Lipinski definition) is 0. The lowest BCUT2D eigenvalue weighted by molar-refractivity contribution is -0.159. The first kappa shape index (κ1) is 16.3. The van der Waals surface area contributed by atoms with Crippen molar-refractivity contribution in [3.63, 3.8) is 0 Å². The summed E-state index contributed by atoms with van der Waals surface area (Å²) in [4.78, 5) is 30.0. The molecule has 1 saturated heterocycles. The second kappa shape index (κ2) is 6.33. The molecule has 0 spiro atoms. The molecule has 1 atom stereocenters. The molecule has 0 aliphatic carbocycles. The van der Waals surface area contributed by atoms with Crippen LogP contribution in [0, 0.1) is 0 Å². The summed E-state index contributed by atoms with van der Waals surface area (Å²) in [5, 5.41) is 0. The van der Waals surface area contributed by atoms with Gasteiger partial charge in [-0.25, -0.2) is 0 Å². The molecule has 5 nitrogen and oxygen atoms in total. The van der Waals surface area contributed by atoms with E-state index < -0.39 is 24.7 Å². The van der Waals surface area contributed by atoms with Crippen molar-refractivity contribution < 1.29 is 22.8 Å². The molecule has 0 saturated carbocycles. The average molecular weight is 315 g/mol. The Balaban J connectivity index is 1.97. The molecule has 0 radical (unpaired) electrons. The number of alkyl halides is 3. The molecule has 0 N–H and O–H groups in total. The third kappa shape index (κ3) is 3.96. The van der Waals surface area contributed by atoms with E-state index in [9.17, 15) is 22.8 Å². The Morgan fingerprint density at radius 3 is 2.82 bits per heavy atom. The van der Waals surface area contributed by atoms with Gasteiger partial charge in [0.15, 0.2) is 0 Å². The minimum atomic E-state index is -4.43. The average Bonchev–Trinajstić information content (AvgIpc) is 2.78. The van der Waals surface area contributed by atoms with Crippen LogP contribution in [0.5, 0.6) is 0 Å². The Kier molecular flexibility index (Phi) is 4.68. The zero-order valence-electron chi connectivity index (χ0n) is 12.0. The number of amides is 2. The Morgan fingerprint density at radius 2 is 2.23 bits per heavy atom. The maximum Gasteiger partial charge on any atom is 0.406 e. The molecule has 8 heteroatoms. The first-order valence-corrected chi connectivity index (χ1v) is 6.78. The van der Waals surface area contributed by atoms with Crippen molar-refractivity contribution >= 4 is 11.8 Å². The topological polar surface area (TPSA) is 53.5 Å². The Bertz CT molecular complexity index is 548. The van der Waals surface area contributed by atoms with Gasteiger partial charge in [0.25, 0.3) is 0 Å². The fourth-order valence-electron chi connectivity index (χ4n) is 2.43. The largest absolute Gasteiger partial charge is 0.406 e. The van der Waals surface area contributed by atoms with E-state index in [1.165, 1.54) is 18.1 Å². The molecule has 2 rings (SSSR count). The normalized spacial score (nSPS) is 18.6. The lowest BCUT2D eigenvalue weighted by Gasteiger charge is -2.24. The van der Waals surface area contributed by atoms with Crippen molar-refractivity contribution in [3.05, 3.63) is 30.1 Å². The molecule has 1 aliphatic heterocycles. The number of nitrogens with zero attached hydrogens (tertiary/aromatic N) is 3. The minimum absolute atomic E-state index is 0.00746. The highest BCUT2D eigenvalue weighted by molar-refractivity contribution is 5.89. The van der Waals surface area contributed by atoms with Crippen molar-refractivity contribution in [3.8, 4) is 0 Å². The maximum atomic E-state index is 12.4. The van der Waals surface area contributed by atoms with Gasteiger partial charge < -0.3 is 9.80 Å². The lowest BCUT2D eigenvalue weighted by atomic mass is 10.1. The molecular formula is C14H16F3N3O2. The van der Waals surface area contributed by atoms with Crippen LogP contribution in [0.1, 0.15) is 12.0 Å². The van der Waals surface area contributed by atoms with E-state index in [1.54, 1.807) is 18.3 Å². The van der Waals surface area contributed by atoms with Crippen LogP contribution in [0.2, 0.25) is 0 Å². The second-order valence-corrected chi connectivity index (χ2v) is 5.22. The van der Waals surface area contributed by atoms with Gasteiger partial charge >= 0.3 is 6.18 Å². The number of hydrogen-bond acceptors (Lipinski definition) is 3. The van der Waals surface area contributed by atoms with Crippen molar-refractivity contribution in [2.75, 3.05) is 20.1 Å². The summed E-state index contributed by atoms with van der Waals surface area (Å²) in [5.74, 6) is -0.973. The second-order valence-electron chi connectivity index (χ2n) is 5.22. The van der Waals surface area contributed by atoms with Crippen LogP contribution < -0.4 is 0 Å². The third-order valence-corrected chi connectivity index (χ3v) is 3.58. The van der Waals surface area contributed by atoms with E-state index in [0.29, 0.717) is 5.56 Å². The van der Waals surface area contributed by atoms with Gasteiger partial charge in [0.2, 0.25) is 11.8 Å². The van der Waals surface area contributed by atoms with Crippen molar-refractivity contribution in [2.24, 2.45) is 0 Å². The molecule has 1 fully saturated rings. The molecule has 2 heterocycles. The summed E-state index contributed by atoms with van der Waals surface area (Å²) in [7, 11) is 1.44. The number of likely N-dealkylation sites (N-methyl/N-ethyl adjacent to an activating group) is 1. The summed E-state index contributed by atoms with van der Waals surface area (Å²) in [5.41, 5.74) is 0.692. The molecule has 2 amide bonds. The van der Waals surface area contributed by atoms with Gasteiger partial charge in [-0.1, -0.05) is 6.07 Å². The zero-order valence-corrected chi connectivity index (χ0v) is 12.0. The number of aromatic nitrogens is 1. The summed E-state index contributed by atoms with van der Waals surface area (Å²) in [6.07, 6.45) is -1.04. The van der Waals surface area contributed by atoms with Gasteiger partial charge in [-0.05, 0) is 18.1 Å². The predicted octanol–water partition coefficient (Wildman–Crippen LogP) is 1.25. The highest BCUT2D eigenvalue weighted by Crippen LogP contribution is 2.23. The first-order valence-electron chi connectivity index (χ1n) is 6.78. The summed E-state index contributed by atoms with van der Waals surface area (Å²) >= 11 is 0. The molecule has 1 aromatic heterocycles. The van der Waals surface area contributed by atoms with Gasteiger partial charge in [-0.3, -0.25) is 14.6 Å². The number of rotatable bonds is 4. The Labute approximate surface area is 125 Å². The predicted molar refractivity (Wildman–Crippen MR) is 71.8 cm³/mol. The van der Waals surface area contributed by atoms with Crippen LogP contribution in [0.4, 0.5) is 13.2 Å². The summed E-state index contributed by atoms with van der Waals surface area (Å²) in [6.45, 7) is -1.26. The van der Waals surface area contributed by atoms with E-state index in [1.807, 2.05) is 0 Å². The number of likely N-dealkylation sites (tertiary alicyclic amines) is 1. The lowest BCUT2D eigenvalue weighted by Crippen LogP contribution is -2.45. The van der Waals surface area contributed by atoms with Gasteiger partial charge in [0.05, 0.1) is 6.42 Å².